The molecule has 0 aliphatic carbocycles. The highest BCUT2D eigenvalue weighted by atomic mass is 19.1. The summed E-state index contributed by atoms with van der Waals surface area (Å²) in [5.41, 5.74) is 4.19. The Labute approximate surface area is 168 Å². The van der Waals surface area contributed by atoms with Gasteiger partial charge >= 0.3 is 0 Å². The predicted octanol–water partition coefficient (Wildman–Crippen LogP) is 3.52. The smallest absolute Gasteiger partial charge is 0.226 e. The third-order valence-electron chi connectivity index (χ3n) is 5.38. The second-order valence-corrected chi connectivity index (χ2v) is 7.60. The lowest BCUT2D eigenvalue weighted by molar-refractivity contribution is -0.129. The normalized spacial score (nSPS) is 16.4. The first-order chi connectivity index (χ1) is 14.0. The fourth-order valence-corrected chi connectivity index (χ4v) is 3.88. The average molecular weight is 394 g/mol. The molecule has 1 aliphatic rings. The van der Waals surface area contributed by atoms with E-state index in [2.05, 4.69) is 10.1 Å². The van der Waals surface area contributed by atoms with E-state index in [1.165, 1.54) is 12.1 Å². The van der Waals surface area contributed by atoms with Gasteiger partial charge in [-0.1, -0.05) is 17.3 Å². The molecule has 1 saturated heterocycles. The lowest BCUT2D eigenvalue weighted by Gasteiger charge is -2.16. The maximum atomic E-state index is 13.0. The summed E-state index contributed by atoms with van der Waals surface area (Å²) in [6.07, 6.45) is 5.51. The van der Waals surface area contributed by atoms with Gasteiger partial charge in [-0.25, -0.2) is 9.37 Å². The highest BCUT2D eigenvalue weighted by Gasteiger charge is 2.27. The number of likely N-dealkylation sites (tertiary alicyclic amines) is 1. The van der Waals surface area contributed by atoms with Crippen LogP contribution in [0.2, 0.25) is 0 Å². The van der Waals surface area contributed by atoms with E-state index in [0.717, 1.165) is 53.4 Å². The maximum Gasteiger partial charge on any atom is 0.226 e. The van der Waals surface area contributed by atoms with Crippen molar-refractivity contribution in [2.24, 2.45) is 5.92 Å². The third kappa shape index (κ3) is 4.34. The van der Waals surface area contributed by atoms with Gasteiger partial charge in [0.25, 0.3) is 0 Å². The van der Waals surface area contributed by atoms with Crippen molar-refractivity contribution in [1.82, 2.24) is 20.0 Å². The molecule has 1 atom stereocenters. The van der Waals surface area contributed by atoms with Crippen LogP contribution in [0.1, 0.15) is 29.1 Å². The summed E-state index contributed by atoms with van der Waals surface area (Å²) >= 11 is 0. The van der Waals surface area contributed by atoms with Crippen molar-refractivity contribution in [3.8, 4) is 11.3 Å². The minimum Gasteiger partial charge on any atom is -0.361 e. The number of carbonyl (C=O) groups is 1. The van der Waals surface area contributed by atoms with Crippen LogP contribution in [-0.2, 0) is 17.6 Å². The molecule has 0 unspecified atom stereocenters. The standard InChI is InChI=1S/C22H23FN4O2/c1-14-22(15(2)29-26-14)20-12-24-11-19(25-20)9-17-7-8-27(13-17)21(28)10-16-3-5-18(23)6-4-16/h3-6,11-12,17H,7-10,13H2,1-2H3/t17-/m1/s1. The number of rotatable bonds is 5. The van der Waals surface area contributed by atoms with Crippen LogP contribution >= 0.6 is 0 Å². The summed E-state index contributed by atoms with van der Waals surface area (Å²) in [5, 5.41) is 3.99. The van der Waals surface area contributed by atoms with Crippen LogP contribution in [0.25, 0.3) is 11.3 Å². The summed E-state index contributed by atoms with van der Waals surface area (Å²) in [7, 11) is 0. The van der Waals surface area contributed by atoms with Gasteiger partial charge in [0.1, 0.15) is 11.6 Å². The number of amides is 1. The maximum absolute atomic E-state index is 13.0. The van der Waals surface area contributed by atoms with Crippen LogP contribution in [0.5, 0.6) is 0 Å². The Morgan fingerprint density at radius 3 is 2.76 bits per heavy atom. The number of hydrogen-bond donors (Lipinski definition) is 0. The molecule has 3 aromatic rings. The Kier molecular flexibility index (Phi) is 5.38. The molecule has 0 N–H and O–H groups in total. The first-order valence-electron chi connectivity index (χ1n) is 9.76. The zero-order chi connectivity index (χ0) is 20.4. The fraction of sp³-hybridized carbons (Fsp3) is 0.364. The molecule has 1 fully saturated rings. The van der Waals surface area contributed by atoms with Crippen molar-refractivity contribution in [2.45, 2.75) is 33.1 Å². The fourth-order valence-electron chi connectivity index (χ4n) is 3.88. The van der Waals surface area contributed by atoms with Crippen LogP contribution in [0.15, 0.2) is 41.2 Å². The highest BCUT2D eigenvalue weighted by Crippen LogP contribution is 2.26. The molecular weight excluding hydrogens is 371 g/mol. The molecule has 2 aromatic heterocycles. The minimum absolute atomic E-state index is 0.0784. The minimum atomic E-state index is -0.289. The van der Waals surface area contributed by atoms with Crippen molar-refractivity contribution in [1.29, 1.82) is 0 Å². The number of halogens is 1. The first kappa shape index (κ1) is 19.2. The van der Waals surface area contributed by atoms with Gasteiger partial charge in [0.2, 0.25) is 5.91 Å². The van der Waals surface area contributed by atoms with Crippen LogP contribution in [0, 0.1) is 25.6 Å². The molecule has 0 spiro atoms. The second kappa shape index (κ2) is 8.11. The third-order valence-corrected chi connectivity index (χ3v) is 5.38. The highest BCUT2D eigenvalue weighted by molar-refractivity contribution is 5.79. The molecule has 0 saturated carbocycles. The molecular formula is C22H23FN4O2. The van der Waals surface area contributed by atoms with E-state index in [1.54, 1.807) is 24.5 Å². The first-order valence-corrected chi connectivity index (χ1v) is 9.76. The van der Waals surface area contributed by atoms with Crippen LogP contribution in [0.4, 0.5) is 4.39 Å². The Morgan fingerprint density at radius 1 is 1.24 bits per heavy atom. The molecule has 1 amide bonds. The van der Waals surface area contributed by atoms with Crippen molar-refractivity contribution < 1.29 is 13.7 Å². The monoisotopic (exact) mass is 394 g/mol. The molecule has 6 nitrogen and oxygen atoms in total. The molecule has 0 bridgehead atoms. The van der Waals surface area contributed by atoms with Gasteiger partial charge in [0.15, 0.2) is 0 Å². The number of carbonyl (C=O) groups excluding carboxylic acids is 1. The molecule has 4 rings (SSSR count). The lowest BCUT2D eigenvalue weighted by atomic mass is 10.0. The van der Waals surface area contributed by atoms with Crippen LogP contribution < -0.4 is 0 Å². The molecule has 7 heteroatoms. The summed E-state index contributed by atoms with van der Waals surface area (Å²) in [4.78, 5) is 23.5. The zero-order valence-electron chi connectivity index (χ0n) is 16.6. The predicted molar refractivity (Wildman–Crippen MR) is 105 cm³/mol. The Morgan fingerprint density at radius 2 is 2.03 bits per heavy atom. The van der Waals surface area contributed by atoms with Crippen molar-refractivity contribution in [3.63, 3.8) is 0 Å². The van der Waals surface area contributed by atoms with Gasteiger partial charge in [-0.3, -0.25) is 9.78 Å². The lowest BCUT2D eigenvalue weighted by Crippen LogP contribution is -2.30. The number of benzene rings is 1. The summed E-state index contributed by atoms with van der Waals surface area (Å²) in [6, 6.07) is 6.10. The number of aryl methyl sites for hydroxylation is 2. The summed E-state index contributed by atoms with van der Waals surface area (Å²) in [5.74, 6) is 0.866. The van der Waals surface area contributed by atoms with Gasteiger partial charge in [-0.2, -0.15) is 0 Å². The van der Waals surface area contributed by atoms with Crippen molar-refractivity contribution in [3.05, 3.63) is 65.2 Å². The number of nitrogens with zero attached hydrogens (tertiary/aromatic N) is 4. The van der Waals surface area contributed by atoms with E-state index in [9.17, 15) is 9.18 Å². The van der Waals surface area contributed by atoms with Crippen LogP contribution in [0.3, 0.4) is 0 Å². The average Bonchev–Trinajstić information content (AvgIpc) is 3.30. The zero-order valence-corrected chi connectivity index (χ0v) is 16.6. The molecule has 0 radical (unpaired) electrons. The molecule has 1 aliphatic heterocycles. The number of hydrogen-bond acceptors (Lipinski definition) is 5. The van der Waals surface area contributed by atoms with Gasteiger partial charge in [-0.05, 0) is 50.3 Å². The van der Waals surface area contributed by atoms with Gasteiger partial charge in [0, 0.05) is 19.3 Å². The van der Waals surface area contributed by atoms with E-state index in [1.807, 2.05) is 18.7 Å². The molecule has 150 valence electrons. The van der Waals surface area contributed by atoms with Crippen LogP contribution in [-0.4, -0.2) is 39.0 Å². The molecule has 1 aromatic carbocycles. The van der Waals surface area contributed by atoms with Gasteiger partial charge < -0.3 is 9.42 Å². The van der Waals surface area contributed by atoms with Crippen molar-refractivity contribution in [2.75, 3.05) is 13.1 Å². The Bertz CT molecular complexity index is 996. The topological polar surface area (TPSA) is 72.1 Å². The Hall–Kier alpha value is -3.09. The molecule has 29 heavy (non-hydrogen) atoms. The van der Waals surface area contributed by atoms with Crippen molar-refractivity contribution >= 4 is 5.91 Å². The number of aromatic nitrogens is 3. The summed E-state index contributed by atoms with van der Waals surface area (Å²) < 4.78 is 18.3. The van der Waals surface area contributed by atoms with E-state index < -0.39 is 0 Å². The second-order valence-electron chi connectivity index (χ2n) is 7.60. The van der Waals surface area contributed by atoms with Gasteiger partial charge in [0.05, 0.1) is 35.3 Å². The SMILES string of the molecule is Cc1noc(C)c1-c1cncc(C[C@H]2CCN(C(=O)Cc3ccc(F)cc3)C2)n1. The van der Waals surface area contributed by atoms with E-state index in [0.29, 0.717) is 18.9 Å². The van der Waals surface area contributed by atoms with E-state index in [-0.39, 0.29) is 11.7 Å². The van der Waals surface area contributed by atoms with E-state index in [4.69, 9.17) is 9.51 Å². The van der Waals surface area contributed by atoms with E-state index >= 15 is 0 Å². The van der Waals surface area contributed by atoms with Gasteiger partial charge in [-0.15, -0.1) is 0 Å². The quantitative estimate of drug-likeness (QED) is 0.662. The summed E-state index contributed by atoms with van der Waals surface area (Å²) in [6.45, 7) is 5.20. The molecule has 3 heterocycles. The largest absolute Gasteiger partial charge is 0.361 e. The Balaban J connectivity index is 1.38.